The van der Waals surface area contributed by atoms with E-state index in [0.717, 1.165) is 18.0 Å². The van der Waals surface area contributed by atoms with Crippen molar-refractivity contribution in [3.63, 3.8) is 0 Å². The fourth-order valence-corrected chi connectivity index (χ4v) is 5.02. The summed E-state index contributed by atoms with van der Waals surface area (Å²) in [5.41, 5.74) is 1.28. The van der Waals surface area contributed by atoms with Crippen molar-refractivity contribution in [3.05, 3.63) is 91.1 Å². The van der Waals surface area contributed by atoms with E-state index in [1.165, 1.54) is 43.0 Å². The van der Waals surface area contributed by atoms with Gasteiger partial charge in [0.1, 0.15) is 5.75 Å². The topological polar surface area (TPSA) is 93.5 Å². The van der Waals surface area contributed by atoms with Crippen molar-refractivity contribution in [1.29, 1.82) is 0 Å². The van der Waals surface area contributed by atoms with Crippen LogP contribution in [0.25, 0.3) is 0 Å². The molecule has 2 N–H and O–H groups in total. The van der Waals surface area contributed by atoms with Gasteiger partial charge in [0.2, 0.25) is 5.91 Å². The van der Waals surface area contributed by atoms with Gasteiger partial charge in [-0.3, -0.25) is 14.9 Å². The third kappa shape index (κ3) is 7.20. The van der Waals surface area contributed by atoms with Gasteiger partial charge in [-0.25, -0.2) is 0 Å². The van der Waals surface area contributed by atoms with Crippen LogP contribution in [0.3, 0.4) is 0 Å². The normalized spacial score (nSPS) is 15.0. The van der Waals surface area contributed by atoms with Crippen molar-refractivity contribution in [2.24, 2.45) is 5.92 Å². The van der Waals surface area contributed by atoms with Crippen LogP contribution in [0.2, 0.25) is 15.1 Å². The first-order chi connectivity index (χ1) is 17.3. The van der Waals surface area contributed by atoms with Gasteiger partial charge in [-0.2, -0.15) is 0 Å². The van der Waals surface area contributed by atoms with Gasteiger partial charge in [0.15, 0.2) is 5.75 Å². The maximum Gasteiger partial charge on any atom is 0.271 e. The van der Waals surface area contributed by atoms with Gasteiger partial charge in [-0.15, -0.1) is 0 Å². The average Bonchev–Trinajstić information content (AvgIpc) is 3.68. The number of hydrogen-bond acceptors (Lipinski definition) is 6. The van der Waals surface area contributed by atoms with Gasteiger partial charge in [0.25, 0.3) is 5.69 Å². The number of amides is 1. The average molecular weight is 567 g/mol. The molecule has 188 valence electrons. The van der Waals surface area contributed by atoms with Crippen molar-refractivity contribution in [3.8, 4) is 11.5 Å². The predicted octanol–water partition coefficient (Wildman–Crippen LogP) is 7.63. The summed E-state index contributed by atoms with van der Waals surface area (Å²) < 4.78 is 8.96. The molecule has 0 atom stereocenters. The Kier molecular flexibility index (Phi) is 8.85. The standard InChI is InChI=1S/C25H22Cl3N3O4S/c26-20-12-18(31(33)34)7-8-23(20)35-24-21(27)13-19(14-22(24)28)36-30-17-4-2-1-3-16(11-17)25(32)29-10-9-15-5-6-15/h1-2,4,7-8,11-15,30H,3,5-6,9-10H2,(H,29,32). The van der Waals surface area contributed by atoms with Gasteiger partial charge in [0.05, 0.1) is 20.0 Å². The van der Waals surface area contributed by atoms with Gasteiger partial charge in [0, 0.05) is 34.8 Å². The molecule has 1 saturated carbocycles. The first kappa shape index (κ1) is 26.4. The molecule has 0 saturated heterocycles. The Labute approximate surface area is 227 Å². The van der Waals surface area contributed by atoms with Gasteiger partial charge < -0.3 is 14.8 Å². The molecule has 1 amide bonds. The summed E-state index contributed by atoms with van der Waals surface area (Å²) in [6.07, 6.45) is 11.7. The molecule has 2 aliphatic rings. The van der Waals surface area contributed by atoms with Crippen molar-refractivity contribution in [2.75, 3.05) is 6.54 Å². The second kappa shape index (κ2) is 12.1. The minimum Gasteiger partial charge on any atom is -0.453 e. The number of carbonyl (C=O) groups excluding carboxylic acids is 1. The fourth-order valence-electron chi connectivity index (χ4n) is 3.40. The van der Waals surface area contributed by atoms with Crippen LogP contribution < -0.4 is 14.8 Å². The van der Waals surface area contributed by atoms with Crippen molar-refractivity contribution in [1.82, 2.24) is 10.0 Å². The Bertz CT molecular complexity index is 1250. The number of nitrogens with zero attached hydrogens (tertiary/aromatic N) is 1. The number of carbonyl (C=O) groups is 1. The second-order valence-corrected chi connectivity index (χ2v) is 10.4. The van der Waals surface area contributed by atoms with E-state index in [1.807, 2.05) is 24.3 Å². The number of hydrogen-bond donors (Lipinski definition) is 2. The van der Waals surface area contributed by atoms with E-state index in [1.54, 1.807) is 12.1 Å². The van der Waals surface area contributed by atoms with E-state index >= 15 is 0 Å². The van der Waals surface area contributed by atoms with E-state index in [2.05, 4.69) is 10.0 Å². The largest absolute Gasteiger partial charge is 0.453 e. The number of nitro groups is 1. The third-order valence-electron chi connectivity index (χ3n) is 5.50. The van der Waals surface area contributed by atoms with Crippen LogP contribution in [0, 0.1) is 16.0 Å². The molecular weight excluding hydrogens is 545 g/mol. The molecule has 1 fully saturated rings. The number of benzene rings is 2. The lowest BCUT2D eigenvalue weighted by atomic mass is 10.1. The molecule has 2 aromatic rings. The molecule has 0 spiro atoms. The molecule has 7 nitrogen and oxygen atoms in total. The zero-order valence-corrected chi connectivity index (χ0v) is 22.0. The molecule has 2 aromatic carbocycles. The molecule has 0 unspecified atom stereocenters. The summed E-state index contributed by atoms with van der Waals surface area (Å²) in [5.74, 6) is 1.08. The number of rotatable bonds is 10. The van der Waals surface area contributed by atoms with Crippen LogP contribution in [0.1, 0.15) is 25.7 Å². The van der Waals surface area contributed by atoms with E-state index in [4.69, 9.17) is 39.5 Å². The van der Waals surface area contributed by atoms with Crippen molar-refractivity contribution < 1.29 is 14.5 Å². The maximum atomic E-state index is 12.6. The summed E-state index contributed by atoms with van der Waals surface area (Å²) in [7, 11) is 0. The highest BCUT2D eigenvalue weighted by atomic mass is 35.5. The Morgan fingerprint density at radius 1 is 1.14 bits per heavy atom. The van der Waals surface area contributed by atoms with Crippen LogP contribution in [0.15, 0.2) is 70.8 Å². The minimum absolute atomic E-state index is 0.0580. The first-order valence-corrected chi connectivity index (χ1v) is 13.1. The second-order valence-electron chi connectivity index (χ2n) is 8.31. The summed E-state index contributed by atoms with van der Waals surface area (Å²) in [6, 6.07) is 7.19. The van der Waals surface area contributed by atoms with Crippen molar-refractivity contribution in [2.45, 2.75) is 30.6 Å². The highest BCUT2D eigenvalue weighted by molar-refractivity contribution is 7.97. The molecule has 0 radical (unpaired) electrons. The van der Waals surface area contributed by atoms with Crippen molar-refractivity contribution >= 4 is 58.3 Å². The smallest absolute Gasteiger partial charge is 0.271 e. The Balaban J connectivity index is 1.40. The zero-order valence-electron chi connectivity index (χ0n) is 18.9. The number of ether oxygens (including phenoxy) is 1. The molecule has 0 aliphatic heterocycles. The molecule has 4 rings (SSSR count). The number of nitro benzene ring substituents is 1. The van der Waals surface area contributed by atoms with Gasteiger partial charge in [-0.1, -0.05) is 59.8 Å². The third-order valence-corrected chi connectivity index (χ3v) is 7.17. The lowest BCUT2D eigenvalue weighted by molar-refractivity contribution is -0.384. The van der Waals surface area contributed by atoms with Crippen LogP contribution in [-0.2, 0) is 4.79 Å². The Hall–Kier alpha value is -2.65. The lowest BCUT2D eigenvalue weighted by Crippen LogP contribution is -2.26. The molecular formula is C25H22Cl3N3O4S. The number of non-ortho nitro benzene ring substituents is 1. The summed E-state index contributed by atoms with van der Waals surface area (Å²) >= 11 is 20.2. The highest BCUT2D eigenvalue weighted by Gasteiger charge is 2.21. The van der Waals surface area contributed by atoms with Crippen LogP contribution in [0.5, 0.6) is 11.5 Å². The number of allylic oxidation sites excluding steroid dienone is 4. The van der Waals surface area contributed by atoms with Crippen LogP contribution >= 0.6 is 46.8 Å². The molecule has 0 bridgehead atoms. The maximum absolute atomic E-state index is 12.6. The predicted molar refractivity (Wildman–Crippen MR) is 144 cm³/mol. The molecule has 11 heteroatoms. The zero-order chi connectivity index (χ0) is 25.7. The first-order valence-electron chi connectivity index (χ1n) is 11.2. The molecule has 0 heterocycles. The lowest BCUT2D eigenvalue weighted by Gasteiger charge is -2.13. The summed E-state index contributed by atoms with van der Waals surface area (Å²) in [5, 5.41) is 14.4. The number of halogens is 3. The van der Waals surface area contributed by atoms with E-state index in [9.17, 15) is 14.9 Å². The molecule has 36 heavy (non-hydrogen) atoms. The Morgan fingerprint density at radius 2 is 1.89 bits per heavy atom. The molecule has 0 aromatic heterocycles. The minimum atomic E-state index is -0.548. The quantitative estimate of drug-likeness (QED) is 0.174. The number of nitrogens with one attached hydrogen (secondary N) is 2. The van der Waals surface area contributed by atoms with E-state index < -0.39 is 4.92 Å². The SMILES string of the molecule is O=C(NCCC1CC1)C1=CC(NSc2cc(Cl)c(Oc3ccc([N+](=O)[O-])cc3Cl)c(Cl)c2)=CC=CC1. The van der Waals surface area contributed by atoms with Crippen LogP contribution in [0.4, 0.5) is 5.69 Å². The van der Waals surface area contributed by atoms with Gasteiger partial charge in [-0.05, 0) is 61.1 Å². The summed E-state index contributed by atoms with van der Waals surface area (Å²) in [6.45, 7) is 0.697. The fraction of sp³-hybridized carbons (Fsp3) is 0.240. The van der Waals surface area contributed by atoms with Crippen LogP contribution in [-0.4, -0.2) is 17.4 Å². The Morgan fingerprint density at radius 3 is 2.56 bits per heavy atom. The van der Waals surface area contributed by atoms with Gasteiger partial charge >= 0.3 is 0 Å². The van der Waals surface area contributed by atoms with E-state index in [-0.39, 0.29) is 38.2 Å². The summed E-state index contributed by atoms with van der Waals surface area (Å²) in [4.78, 5) is 23.6. The highest BCUT2D eigenvalue weighted by Crippen LogP contribution is 2.41. The monoisotopic (exact) mass is 565 g/mol. The molecule has 2 aliphatic carbocycles. The van der Waals surface area contributed by atoms with E-state index in [0.29, 0.717) is 23.4 Å².